The minimum atomic E-state index is -1.11. The molecule has 0 radical (unpaired) electrons. The summed E-state index contributed by atoms with van der Waals surface area (Å²) in [5.41, 5.74) is 0.584. The summed E-state index contributed by atoms with van der Waals surface area (Å²) in [6.45, 7) is 2.35. The molecule has 2 aromatic rings. The minimum absolute atomic E-state index is 0.0310. The number of carbonyl (C=O) groups excluding carboxylic acids is 1. The van der Waals surface area contributed by atoms with E-state index < -0.39 is 11.7 Å². The van der Waals surface area contributed by atoms with Gasteiger partial charge in [0.2, 0.25) is 5.91 Å². The molecule has 1 aromatic carbocycles. The third-order valence-corrected chi connectivity index (χ3v) is 3.07. The molecule has 1 aromatic heterocycles. The average molecular weight is 292 g/mol. The Morgan fingerprint density at radius 2 is 2.14 bits per heavy atom. The van der Waals surface area contributed by atoms with E-state index in [9.17, 15) is 14.4 Å². The largest absolute Gasteiger partial charge is 0.478 e. The van der Waals surface area contributed by atoms with E-state index in [4.69, 9.17) is 9.52 Å². The van der Waals surface area contributed by atoms with Crippen molar-refractivity contribution < 1.29 is 19.1 Å². The summed E-state index contributed by atoms with van der Waals surface area (Å²) in [6, 6.07) is 4.08. The van der Waals surface area contributed by atoms with Crippen LogP contribution in [0.5, 0.6) is 0 Å². The Bertz CT molecular complexity index is 729. The van der Waals surface area contributed by atoms with Crippen LogP contribution in [0.25, 0.3) is 11.1 Å². The maximum atomic E-state index is 11.8. The number of nitrogens with zero attached hydrogens (tertiary/aromatic N) is 1. The number of fused-ring (bicyclic) bond motifs is 1. The zero-order valence-electron chi connectivity index (χ0n) is 11.6. The summed E-state index contributed by atoms with van der Waals surface area (Å²) < 4.78 is 6.12. The van der Waals surface area contributed by atoms with E-state index in [1.165, 1.54) is 18.2 Å². The van der Waals surface area contributed by atoms with Crippen LogP contribution in [0, 0.1) is 0 Å². The third kappa shape index (κ3) is 3.31. The second-order valence-corrected chi connectivity index (χ2v) is 4.65. The van der Waals surface area contributed by atoms with Crippen LogP contribution in [-0.2, 0) is 11.3 Å². The molecule has 0 atom stereocenters. The number of unbranched alkanes of at least 4 members (excludes halogenated alkanes) is 1. The molecule has 0 unspecified atom stereocenters. The fourth-order valence-corrected chi connectivity index (χ4v) is 1.95. The summed E-state index contributed by atoms with van der Waals surface area (Å²) in [7, 11) is 0. The SMILES string of the molecule is CCCCNC(=O)Cn1c(=O)oc2ccc(C(=O)O)cc21. The Morgan fingerprint density at radius 3 is 2.81 bits per heavy atom. The molecule has 0 bridgehead atoms. The first-order valence-electron chi connectivity index (χ1n) is 6.66. The Morgan fingerprint density at radius 1 is 1.38 bits per heavy atom. The molecule has 1 amide bonds. The maximum absolute atomic E-state index is 11.8. The molecular weight excluding hydrogens is 276 g/mol. The number of hydrogen-bond acceptors (Lipinski definition) is 4. The summed E-state index contributed by atoms with van der Waals surface area (Å²) >= 11 is 0. The van der Waals surface area contributed by atoms with Crippen LogP contribution in [0.2, 0.25) is 0 Å². The van der Waals surface area contributed by atoms with Gasteiger partial charge >= 0.3 is 11.7 Å². The number of carboxylic acid groups (broad SMARTS) is 1. The van der Waals surface area contributed by atoms with Gasteiger partial charge in [-0.05, 0) is 24.6 Å². The van der Waals surface area contributed by atoms with Crippen molar-refractivity contribution in [3.05, 3.63) is 34.3 Å². The zero-order chi connectivity index (χ0) is 15.4. The van der Waals surface area contributed by atoms with Gasteiger partial charge in [0, 0.05) is 6.54 Å². The van der Waals surface area contributed by atoms with Crippen LogP contribution < -0.4 is 11.1 Å². The summed E-state index contributed by atoms with van der Waals surface area (Å²) in [6.07, 6.45) is 1.81. The van der Waals surface area contributed by atoms with E-state index in [0.717, 1.165) is 17.4 Å². The molecule has 112 valence electrons. The molecule has 0 aliphatic rings. The highest BCUT2D eigenvalue weighted by molar-refractivity contribution is 5.92. The fourth-order valence-electron chi connectivity index (χ4n) is 1.95. The van der Waals surface area contributed by atoms with Crippen LogP contribution in [0.3, 0.4) is 0 Å². The summed E-state index contributed by atoms with van der Waals surface area (Å²) in [5.74, 6) is -2.10. The number of carbonyl (C=O) groups is 2. The minimum Gasteiger partial charge on any atom is -0.478 e. The first-order valence-corrected chi connectivity index (χ1v) is 6.66. The number of aromatic carboxylic acids is 1. The Labute approximate surface area is 120 Å². The molecule has 0 aliphatic heterocycles. The standard InChI is InChI=1S/C14H16N2O5/c1-2-3-6-15-12(17)8-16-10-7-9(13(18)19)4-5-11(10)21-14(16)20/h4-5,7H,2-3,6,8H2,1H3,(H,15,17)(H,18,19). The van der Waals surface area contributed by atoms with Crippen molar-refractivity contribution >= 4 is 23.0 Å². The van der Waals surface area contributed by atoms with E-state index in [1.54, 1.807) is 0 Å². The predicted molar refractivity (Wildman–Crippen MR) is 75.4 cm³/mol. The van der Waals surface area contributed by atoms with E-state index in [-0.39, 0.29) is 23.6 Å². The molecule has 0 saturated carbocycles. The number of rotatable bonds is 6. The van der Waals surface area contributed by atoms with Gasteiger partial charge in [-0.3, -0.25) is 9.36 Å². The van der Waals surface area contributed by atoms with Crippen molar-refractivity contribution in [2.24, 2.45) is 0 Å². The number of amides is 1. The smallest absolute Gasteiger partial charge is 0.420 e. The van der Waals surface area contributed by atoms with Gasteiger partial charge in [0.25, 0.3) is 0 Å². The number of aromatic nitrogens is 1. The number of hydrogen-bond donors (Lipinski definition) is 2. The van der Waals surface area contributed by atoms with Crippen LogP contribution in [0.15, 0.2) is 27.4 Å². The molecule has 21 heavy (non-hydrogen) atoms. The number of carboxylic acids is 1. The van der Waals surface area contributed by atoms with Crippen LogP contribution in [0.1, 0.15) is 30.1 Å². The monoisotopic (exact) mass is 292 g/mol. The molecule has 0 fully saturated rings. The Kier molecular flexibility index (Phi) is 4.42. The van der Waals surface area contributed by atoms with Gasteiger partial charge in [0.1, 0.15) is 6.54 Å². The van der Waals surface area contributed by atoms with Gasteiger partial charge in [-0.1, -0.05) is 13.3 Å². The van der Waals surface area contributed by atoms with Crippen LogP contribution >= 0.6 is 0 Å². The van der Waals surface area contributed by atoms with Crippen molar-refractivity contribution in [3.8, 4) is 0 Å². The second kappa shape index (κ2) is 6.25. The Hall–Kier alpha value is -2.57. The summed E-state index contributed by atoms with van der Waals surface area (Å²) in [4.78, 5) is 34.5. The Balaban J connectivity index is 2.28. The molecule has 2 N–H and O–H groups in total. The van der Waals surface area contributed by atoms with Crippen molar-refractivity contribution in [1.29, 1.82) is 0 Å². The lowest BCUT2D eigenvalue weighted by Crippen LogP contribution is -2.31. The highest BCUT2D eigenvalue weighted by Crippen LogP contribution is 2.15. The highest BCUT2D eigenvalue weighted by Gasteiger charge is 2.14. The van der Waals surface area contributed by atoms with E-state index in [2.05, 4.69) is 5.32 Å². The van der Waals surface area contributed by atoms with Gasteiger partial charge in [-0.25, -0.2) is 9.59 Å². The lowest BCUT2D eigenvalue weighted by atomic mass is 10.2. The maximum Gasteiger partial charge on any atom is 0.420 e. The van der Waals surface area contributed by atoms with Gasteiger partial charge in [0.15, 0.2) is 5.58 Å². The van der Waals surface area contributed by atoms with Crippen molar-refractivity contribution in [2.75, 3.05) is 6.54 Å². The average Bonchev–Trinajstić information content (AvgIpc) is 2.74. The van der Waals surface area contributed by atoms with Gasteiger partial charge in [0.05, 0.1) is 11.1 Å². The van der Waals surface area contributed by atoms with Gasteiger partial charge in [-0.15, -0.1) is 0 Å². The molecule has 1 heterocycles. The molecule has 7 nitrogen and oxygen atoms in total. The van der Waals surface area contributed by atoms with Crippen molar-refractivity contribution in [1.82, 2.24) is 9.88 Å². The molecule has 0 spiro atoms. The van der Waals surface area contributed by atoms with E-state index in [0.29, 0.717) is 12.1 Å². The zero-order valence-corrected chi connectivity index (χ0v) is 11.6. The molecular formula is C14H16N2O5. The van der Waals surface area contributed by atoms with Crippen molar-refractivity contribution in [3.63, 3.8) is 0 Å². The number of nitrogens with one attached hydrogen (secondary N) is 1. The molecule has 7 heteroatoms. The first-order chi connectivity index (χ1) is 10.0. The van der Waals surface area contributed by atoms with Crippen molar-refractivity contribution in [2.45, 2.75) is 26.3 Å². The lowest BCUT2D eigenvalue weighted by molar-refractivity contribution is -0.121. The number of benzene rings is 1. The highest BCUT2D eigenvalue weighted by atomic mass is 16.4. The summed E-state index contributed by atoms with van der Waals surface area (Å²) in [5, 5.41) is 11.7. The van der Waals surface area contributed by atoms with Gasteiger partial charge in [-0.2, -0.15) is 0 Å². The molecule has 0 aliphatic carbocycles. The van der Waals surface area contributed by atoms with E-state index in [1.807, 2.05) is 6.92 Å². The quantitative estimate of drug-likeness (QED) is 0.779. The molecule has 0 saturated heterocycles. The van der Waals surface area contributed by atoms with Crippen LogP contribution in [-0.4, -0.2) is 28.1 Å². The molecule has 2 rings (SSSR count). The normalized spacial score (nSPS) is 10.7. The van der Waals surface area contributed by atoms with Gasteiger partial charge < -0.3 is 14.8 Å². The predicted octanol–water partition coefficient (Wildman–Crippen LogP) is 1.21. The lowest BCUT2D eigenvalue weighted by Gasteiger charge is -2.05. The third-order valence-electron chi connectivity index (χ3n) is 3.07. The van der Waals surface area contributed by atoms with E-state index >= 15 is 0 Å². The number of oxazole rings is 1. The topological polar surface area (TPSA) is 102 Å². The first kappa shape index (κ1) is 14.8. The van der Waals surface area contributed by atoms with Crippen LogP contribution in [0.4, 0.5) is 0 Å². The fraction of sp³-hybridized carbons (Fsp3) is 0.357. The second-order valence-electron chi connectivity index (χ2n) is 4.65.